The smallest absolute Gasteiger partial charge is 0.408 e. The molecule has 0 spiro atoms. The number of benzene rings is 3. The van der Waals surface area contributed by atoms with Crippen LogP contribution in [0.25, 0.3) is 11.3 Å². The molecule has 36 heavy (non-hydrogen) atoms. The van der Waals surface area contributed by atoms with Gasteiger partial charge in [0, 0.05) is 6.42 Å². The second kappa shape index (κ2) is 12.4. The molecule has 0 bridgehead atoms. The van der Waals surface area contributed by atoms with Crippen LogP contribution in [-0.4, -0.2) is 29.6 Å². The van der Waals surface area contributed by atoms with Crippen molar-refractivity contribution in [2.45, 2.75) is 25.7 Å². The molecule has 1 aromatic heterocycles. The van der Waals surface area contributed by atoms with Crippen molar-refractivity contribution in [1.29, 1.82) is 0 Å². The number of amides is 1. The quantitative estimate of drug-likeness (QED) is 0.313. The largest absolute Gasteiger partial charge is 0.488 e. The van der Waals surface area contributed by atoms with Crippen molar-refractivity contribution in [3.8, 4) is 17.1 Å². The summed E-state index contributed by atoms with van der Waals surface area (Å²) in [5.41, 5.74) is 3.24. The van der Waals surface area contributed by atoms with E-state index in [1.54, 1.807) is 24.5 Å². The van der Waals surface area contributed by atoms with Crippen LogP contribution in [0.5, 0.6) is 5.75 Å². The van der Waals surface area contributed by atoms with Gasteiger partial charge in [-0.1, -0.05) is 66.7 Å². The Bertz CT molecular complexity index is 1260. The highest BCUT2D eigenvalue weighted by molar-refractivity contribution is 5.89. The minimum atomic E-state index is -1.09. The lowest BCUT2D eigenvalue weighted by Crippen LogP contribution is -2.44. The van der Waals surface area contributed by atoms with Gasteiger partial charge in [0.25, 0.3) is 0 Å². The predicted octanol–water partition coefficient (Wildman–Crippen LogP) is 4.92. The van der Waals surface area contributed by atoms with Gasteiger partial charge in [-0.3, -0.25) is 4.79 Å². The highest BCUT2D eigenvalue weighted by Gasteiger charge is 2.22. The number of ether oxygens (including phenoxy) is 2. The van der Waals surface area contributed by atoms with Gasteiger partial charge in [0.2, 0.25) is 0 Å². The molecule has 7 nitrogen and oxygen atoms in total. The van der Waals surface area contributed by atoms with Crippen LogP contribution in [-0.2, 0) is 29.2 Å². The van der Waals surface area contributed by atoms with Gasteiger partial charge in [0.1, 0.15) is 30.8 Å². The molecule has 0 aliphatic carbocycles. The lowest BCUT2D eigenvalue weighted by molar-refractivity contribution is -0.121. The maximum Gasteiger partial charge on any atom is 0.408 e. The Morgan fingerprint density at radius 1 is 0.833 bits per heavy atom. The summed E-state index contributed by atoms with van der Waals surface area (Å²) in [6.45, 7) is -0.0903. The Hall–Kier alpha value is -4.36. The monoisotopic (exact) mass is 485 g/mol. The van der Waals surface area contributed by atoms with Gasteiger partial charge >= 0.3 is 6.09 Å². The molecular formula is C29H27NO6. The van der Waals surface area contributed by atoms with Crippen LogP contribution in [0.4, 0.5) is 4.79 Å². The Morgan fingerprint density at radius 3 is 2.17 bits per heavy atom. The second-order valence-corrected chi connectivity index (χ2v) is 8.17. The predicted molar refractivity (Wildman–Crippen MR) is 134 cm³/mol. The van der Waals surface area contributed by atoms with E-state index >= 15 is 0 Å². The van der Waals surface area contributed by atoms with Gasteiger partial charge in [0.15, 0.2) is 5.78 Å². The van der Waals surface area contributed by atoms with Crippen molar-refractivity contribution in [2.75, 3.05) is 6.61 Å². The fraction of sp³-hybridized carbons (Fsp3) is 0.172. The van der Waals surface area contributed by atoms with Gasteiger partial charge in [-0.25, -0.2) is 4.79 Å². The van der Waals surface area contributed by atoms with E-state index in [9.17, 15) is 14.7 Å². The molecule has 184 valence electrons. The first-order valence-corrected chi connectivity index (χ1v) is 11.6. The zero-order valence-electron chi connectivity index (χ0n) is 19.6. The molecule has 1 heterocycles. The van der Waals surface area contributed by atoms with Crippen molar-refractivity contribution >= 4 is 11.9 Å². The Balaban J connectivity index is 1.41. The third kappa shape index (κ3) is 6.84. The fourth-order valence-corrected chi connectivity index (χ4v) is 3.63. The molecule has 3 aromatic carbocycles. The first kappa shape index (κ1) is 24.8. The normalized spacial score (nSPS) is 11.5. The van der Waals surface area contributed by atoms with Gasteiger partial charge in [-0.15, -0.1) is 0 Å². The molecule has 0 saturated carbocycles. The number of rotatable bonds is 11. The van der Waals surface area contributed by atoms with Crippen molar-refractivity contribution in [3.63, 3.8) is 0 Å². The molecule has 0 saturated heterocycles. The number of Topliss-reactive ketones (excluding diaryl/α,β-unsaturated/α-hetero) is 1. The Morgan fingerprint density at radius 2 is 1.53 bits per heavy atom. The van der Waals surface area contributed by atoms with Gasteiger partial charge < -0.3 is 24.3 Å². The molecule has 0 aliphatic rings. The Labute approximate surface area is 209 Å². The summed E-state index contributed by atoms with van der Waals surface area (Å²) >= 11 is 0. The average Bonchev–Trinajstić information content (AvgIpc) is 3.46. The van der Waals surface area contributed by atoms with Crippen molar-refractivity contribution in [3.05, 3.63) is 114 Å². The van der Waals surface area contributed by atoms with Crippen LogP contribution in [0.2, 0.25) is 0 Å². The third-order valence-corrected chi connectivity index (χ3v) is 5.52. The maximum absolute atomic E-state index is 12.9. The van der Waals surface area contributed by atoms with E-state index in [-0.39, 0.29) is 18.8 Å². The van der Waals surface area contributed by atoms with Gasteiger partial charge in [0.05, 0.1) is 18.4 Å². The fourth-order valence-electron chi connectivity index (χ4n) is 3.63. The van der Waals surface area contributed by atoms with E-state index in [0.29, 0.717) is 29.2 Å². The van der Waals surface area contributed by atoms with Crippen LogP contribution in [0.3, 0.4) is 0 Å². The summed E-state index contributed by atoms with van der Waals surface area (Å²) in [6, 6.07) is 26.9. The van der Waals surface area contributed by atoms with Crippen molar-refractivity contribution in [1.82, 2.24) is 5.32 Å². The number of alkyl carbamates (subject to hydrolysis) is 1. The molecular weight excluding hydrogens is 458 g/mol. The molecule has 4 rings (SSSR count). The molecule has 0 radical (unpaired) electrons. The number of carbonyl (C=O) groups is 2. The number of aliphatic hydroxyl groups excluding tert-OH is 1. The van der Waals surface area contributed by atoms with Crippen LogP contribution in [0.15, 0.2) is 102 Å². The van der Waals surface area contributed by atoms with E-state index in [1.165, 1.54) is 0 Å². The molecule has 2 N–H and O–H groups in total. The minimum absolute atomic E-state index is 0.00311. The number of ketones is 1. The topological polar surface area (TPSA) is 98.0 Å². The zero-order chi connectivity index (χ0) is 25.2. The number of nitrogens with one attached hydrogen (secondary N) is 1. The number of hydrogen-bond acceptors (Lipinski definition) is 6. The number of carbonyl (C=O) groups excluding carboxylic acids is 2. The second-order valence-electron chi connectivity index (χ2n) is 8.17. The molecule has 0 aliphatic heterocycles. The first-order valence-electron chi connectivity index (χ1n) is 11.6. The van der Waals surface area contributed by atoms with E-state index in [1.807, 2.05) is 72.8 Å². The minimum Gasteiger partial charge on any atom is -0.488 e. The first-order chi connectivity index (χ1) is 17.6. The zero-order valence-corrected chi connectivity index (χ0v) is 19.6. The SMILES string of the molecule is O=C(N[C@@H](CO)C(=O)Cc1ccc(OCc2ccccc2)c(-c2ccco2)c1)OCc1ccccc1. The highest BCUT2D eigenvalue weighted by atomic mass is 16.5. The van der Waals surface area contributed by atoms with E-state index in [4.69, 9.17) is 13.9 Å². The summed E-state index contributed by atoms with van der Waals surface area (Å²) in [6.07, 6.45) is 0.796. The number of hydrogen-bond donors (Lipinski definition) is 2. The molecule has 0 fully saturated rings. The van der Waals surface area contributed by atoms with Crippen molar-refractivity contribution in [2.24, 2.45) is 0 Å². The summed E-state index contributed by atoms with van der Waals surface area (Å²) in [4.78, 5) is 25.0. The van der Waals surface area contributed by atoms with Crippen molar-refractivity contribution < 1.29 is 28.6 Å². The Kier molecular flexibility index (Phi) is 8.51. The van der Waals surface area contributed by atoms with E-state index < -0.39 is 18.7 Å². The molecule has 1 amide bonds. The van der Waals surface area contributed by atoms with Crippen LogP contribution in [0.1, 0.15) is 16.7 Å². The lowest BCUT2D eigenvalue weighted by Gasteiger charge is -2.16. The summed E-state index contributed by atoms with van der Waals surface area (Å²) in [5.74, 6) is 0.873. The third-order valence-electron chi connectivity index (χ3n) is 5.52. The maximum atomic E-state index is 12.9. The summed E-state index contributed by atoms with van der Waals surface area (Å²) in [5, 5.41) is 12.2. The summed E-state index contributed by atoms with van der Waals surface area (Å²) in [7, 11) is 0. The molecule has 0 unspecified atom stereocenters. The number of aliphatic hydroxyl groups is 1. The van der Waals surface area contributed by atoms with E-state index in [2.05, 4.69) is 5.32 Å². The average molecular weight is 486 g/mol. The highest BCUT2D eigenvalue weighted by Crippen LogP contribution is 2.32. The molecule has 4 aromatic rings. The van der Waals surface area contributed by atoms with E-state index in [0.717, 1.165) is 11.1 Å². The van der Waals surface area contributed by atoms with Gasteiger partial charge in [-0.2, -0.15) is 0 Å². The lowest BCUT2D eigenvalue weighted by atomic mass is 10.0. The van der Waals surface area contributed by atoms with Gasteiger partial charge in [-0.05, 0) is 41.0 Å². The summed E-state index contributed by atoms with van der Waals surface area (Å²) < 4.78 is 16.8. The molecule has 7 heteroatoms. The number of furan rings is 1. The molecule has 1 atom stereocenters. The van der Waals surface area contributed by atoms with Crippen LogP contribution in [0, 0.1) is 0 Å². The standard InChI is InChI=1S/C29H27NO6/c31-18-25(30-29(33)36-20-22-10-5-2-6-11-22)26(32)17-23-13-14-28(24(16-23)27-12-7-15-34-27)35-19-21-8-3-1-4-9-21/h1-16,25,31H,17-20H2,(H,30,33)/t25-/m0/s1. The van der Waals surface area contributed by atoms with Crippen LogP contribution >= 0.6 is 0 Å². The van der Waals surface area contributed by atoms with Crippen LogP contribution < -0.4 is 10.1 Å².